The summed E-state index contributed by atoms with van der Waals surface area (Å²) >= 11 is 5.75. The van der Waals surface area contributed by atoms with E-state index in [-0.39, 0.29) is 5.91 Å². The van der Waals surface area contributed by atoms with Gasteiger partial charge in [0.2, 0.25) is 0 Å². The van der Waals surface area contributed by atoms with Gasteiger partial charge in [-0.2, -0.15) is 0 Å². The number of hydrogen-bond acceptors (Lipinski definition) is 3. The number of amides is 1. The zero-order chi connectivity index (χ0) is 15.4. The molecule has 0 spiro atoms. The molecule has 0 aliphatic heterocycles. The number of rotatable bonds is 4. The molecule has 1 aromatic heterocycles. The van der Waals surface area contributed by atoms with Gasteiger partial charge in [-0.25, -0.2) is 4.98 Å². The highest BCUT2D eigenvalue weighted by Gasteiger charge is 2.15. The first-order valence-electron chi connectivity index (χ1n) is 6.62. The van der Waals surface area contributed by atoms with Crippen LogP contribution in [-0.4, -0.2) is 17.0 Å². The first-order valence-corrected chi connectivity index (χ1v) is 7.00. The van der Waals surface area contributed by atoms with Gasteiger partial charge in [-0.05, 0) is 56.2 Å². The number of carbonyl (C=O) groups is 1. The lowest BCUT2D eigenvalue weighted by molar-refractivity contribution is -0.122. The Morgan fingerprint density at radius 3 is 2.62 bits per heavy atom. The summed E-state index contributed by atoms with van der Waals surface area (Å²) in [5.74, 6) is 0.854. The Balaban J connectivity index is 1.98. The summed E-state index contributed by atoms with van der Waals surface area (Å²) in [6, 6.07) is 9.05. The highest BCUT2D eigenvalue weighted by Crippen LogP contribution is 2.18. The summed E-state index contributed by atoms with van der Waals surface area (Å²) in [4.78, 5) is 16.1. The summed E-state index contributed by atoms with van der Waals surface area (Å²) < 4.78 is 5.64. The van der Waals surface area contributed by atoms with Crippen molar-refractivity contribution in [1.82, 2.24) is 4.98 Å². The standard InChI is InChI=1S/C16H17ClN2O2/c1-10-4-6-14(8-11(10)2)21-12(3)16(20)19-15-7-5-13(17)9-18-15/h4-9,12H,1-3H3,(H,18,19,20). The maximum Gasteiger partial charge on any atom is 0.266 e. The Labute approximate surface area is 129 Å². The Hall–Kier alpha value is -2.07. The molecule has 1 aromatic carbocycles. The normalized spacial score (nSPS) is 11.8. The zero-order valence-corrected chi connectivity index (χ0v) is 12.9. The average Bonchev–Trinajstić information content (AvgIpc) is 2.45. The molecule has 1 amide bonds. The third kappa shape index (κ3) is 4.20. The molecule has 1 N–H and O–H groups in total. The zero-order valence-electron chi connectivity index (χ0n) is 12.2. The second kappa shape index (κ2) is 6.59. The van der Waals surface area contributed by atoms with E-state index in [1.807, 2.05) is 32.0 Å². The fourth-order valence-corrected chi connectivity index (χ4v) is 1.83. The molecule has 5 heteroatoms. The maximum absolute atomic E-state index is 12.0. The molecule has 1 unspecified atom stereocenters. The number of aryl methyl sites for hydroxylation is 2. The number of carbonyl (C=O) groups excluding carboxylic acids is 1. The number of halogens is 1. The van der Waals surface area contributed by atoms with Crippen molar-refractivity contribution in [1.29, 1.82) is 0 Å². The van der Waals surface area contributed by atoms with Crippen molar-refractivity contribution < 1.29 is 9.53 Å². The van der Waals surface area contributed by atoms with Crippen molar-refractivity contribution in [3.63, 3.8) is 0 Å². The molecule has 1 atom stereocenters. The predicted octanol–water partition coefficient (Wildman–Crippen LogP) is 3.76. The summed E-state index contributed by atoms with van der Waals surface area (Å²) in [7, 11) is 0. The summed E-state index contributed by atoms with van der Waals surface area (Å²) in [5, 5.41) is 3.20. The van der Waals surface area contributed by atoms with Crippen LogP contribution in [0.3, 0.4) is 0 Å². The Morgan fingerprint density at radius 2 is 2.00 bits per heavy atom. The molecular formula is C16H17ClN2O2. The number of benzene rings is 1. The molecule has 2 rings (SSSR count). The highest BCUT2D eigenvalue weighted by molar-refractivity contribution is 6.30. The van der Waals surface area contributed by atoms with Gasteiger partial charge in [0, 0.05) is 6.20 Å². The summed E-state index contributed by atoms with van der Waals surface area (Å²) in [6.07, 6.45) is 0.857. The van der Waals surface area contributed by atoms with Crippen LogP contribution in [0.4, 0.5) is 5.82 Å². The predicted molar refractivity (Wildman–Crippen MR) is 83.9 cm³/mol. The van der Waals surface area contributed by atoms with Gasteiger partial charge in [0.1, 0.15) is 11.6 Å². The molecule has 0 aliphatic rings. The lowest BCUT2D eigenvalue weighted by Gasteiger charge is -2.15. The number of pyridine rings is 1. The van der Waals surface area contributed by atoms with E-state index in [0.29, 0.717) is 16.6 Å². The number of nitrogens with one attached hydrogen (secondary N) is 1. The van der Waals surface area contributed by atoms with Gasteiger partial charge in [-0.1, -0.05) is 17.7 Å². The van der Waals surface area contributed by atoms with Crippen molar-refractivity contribution in [3.8, 4) is 5.75 Å². The van der Waals surface area contributed by atoms with E-state index in [1.54, 1.807) is 19.1 Å². The molecule has 0 bridgehead atoms. The van der Waals surface area contributed by atoms with Crippen LogP contribution < -0.4 is 10.1 Å². The Bertz CT molecular complexity index is 641. The van der Waals surface area contributed by atoms with Crippen LogP contribution in [0, 0.1) is 13.8 Å². The van der Waals surface area contributed by atoms with Crippen LogP contribution >= 0.6 is 11.6 Å². The second-order valence-corrected chi connectivity index (χ2v) is 5.29. The van der Waals surface area contributed by atoms with E-state index >= 15 is 0 Å². The molecule has 4 nitrogen and oxygen atoms in total. The quantitative estimate of drug-likeness (QED) is 0.935. The van der Waals surface area contributed by atoms with E-state index in [4.69, 9.17) is 16.3 Å². The van der Waals surface area contributed by atoms with Gasteiger partial charge in [0.25, 0.3) is 5.91 Å². The van der Waals surface area contributed by atoms with Crippen LogP contribution in [-0.2, 0) is 4.79 Å². The smallest absolute Gasteiger partial charge is 0.266 e. The van der Waals surface area contributed by atoms with Crippen LogP contribution in [0.5, 0.6) is 5.75 Å². The lowest BCUT2D eigenvalue weighted by Crippen LogP contribution is -2.30. The molecule has 2 aromatic rings. The SMILES string of the molecule is Cc1ccc(OC(C)C(=O)Nc2ccc(Cl)cn2)cc1C. The number of nitrogens with zero attached hydrogens (tertiary/aromatic N) is 1. The van der Waals surface area contributed by atoms with Gasteiger partial charge in [0.05, 0.1) is 5.02 Å². The summed E-state index contributed by atoms with van der Waals surface area (Å²) in [5.41, 5.74) is 2.31. The Kier molecular flexibility index (Phi) is 4.81. The van der Waals surface area contributed by atoms with Crippen molar-refractivity contribution in [2.45, 2.75) is 26.9 Å². The molecule has 21 heavy (non-hydrogen) atoms. The van der Waals surface area contributed by atoms with E-state index in [1.165, 1.54) is 11.8 Å². The monoisotopic (exact) mass is 304 g/mol. The molecule has 1 heterocycles. The average molecular weight is 305 g/mol. The highest BCUT2D eigenvalue weighted by atomic mass is 35.5. The van der Waals surface area contributed by atoms with Gasteiger partial charge < -0.3 is 10.1 Å². The lowest BCUT2D eigenvalue weighted by atomic mass is 10.1. The first-order chi connectivity index (χ1) is 9.95. The van der Waals surface area contributed by atoms with Gasteiger partial charge >= 0.3 is 0 Å². The van der Waals surface area contributed by atoms with Crippen molar-refractivity contribution >= 4 is 23.3 Å². The van der Waals surface area contributed by atoms with Gasteiger partial charge in [-0.15, -0.1) is 0 Å². The number of hydrogen-bond donors (Lipinski definition) is 1. The molecule has 0 aliphatic carbocycles. The molecule has 0 saturated heterocycles. The van der Waals surface area contributed by atoms with Crippen LogP contribution in [0.25, 0.3) is 0 Å². The topological polar surface area (TPSA) is 51.2 Å². The molecular weight excluding hydrogens is 288 g/mol. The first kappa shape index (κ1) is 15.3. The van der Waals surface area contributed by atoms with Gasteiger partial charge in [0.15, 0.2) is 6.10 Å². The third-order valence-electron chi connectivity index (χ3n) is 3.14. The largest absolute Gasteiger partial charge is 0.481 e. The van der Waals surface area contributed by atoms with Crippen molar-refractivity contribution in [2.24, 2.45) is 0 Å². The van der Waals surface area contributed by atoms with Crippen molar-refractivity contribution in [2.75, 3.05) is 5.32 Å². The number of ether oxygens (including phenoxy) is 1. The van der Waals surface area contributed by atoms with E-state index < -0.39 is 6.10 Å². The number of aromatic nitrogens is 1. The fourth-order valence-electron chi connectivity index (χ4n) is 1.72. The second-order valence-electron chi connectivity index (χ2n) is 4.86. The summed E-state index contributed by atoms with van der Waals surface area (Å²) in [6.45, 7) is 5.73. The van der Waals surface area contributed by atoms with E-state index in [2.05, 4.69) is 10.3 Å². The Morgan fingerprint density at radius 1 is 1.24 bits per heavy atom. The molecule has 0 fully saturated rings. The molecule has 0 radical (unpaired) electrons. The minimum atomic E-state index is -0.621. The third-order valence-corrected chi connectivity index (χ3v) is 3.36. The van der Waals surface area contributed by atoms with Crippen LogP contribution in [0.1, 0.15) is 18.1 Å². The minimum Gasteiger partial charge on any atom is -0.481 e. The number of anilines is 1. The van der Waals surface area contributed by atoms with Crippen LogP contribution in [0.2, 0.25) is 5.02 Å². The minimum absolute atomic E-state index is 0.261. The maximum atomic E-state index is 12.0. The molecule has 0 saturated carbocycles. The molecule has 110 valence electrons. The van der Waals surface area contributed by atoms with E-state index in [0.717, 1.165) is 5.56 Å². The van der Waals surface area contributed by atoms with E-state index in [9.17, 15) is 4.79 Å². The van der Waals surface area contributed by atoms with Crippen molar-refractivity contribution in [3.05, 3.63) is 52.7 Å². The fraction of sp³-hybridized carbons (Fsp3) is 0.250. The van der Waals surface area contributed by atoms with Crippen LogP contribution in [0.15, 0.2) is 36.5 Å². The van der Waals surface area contributed by atoms with Gasteiger partial charge in [-0.3, -0.25) is 4.79 Å².